The van der Waals surface area contributed by atoms with Gasteiger partial charge in [-0.1, -0.05) is 18.2 Å². The van der Waals surface area contributed by atoms with E-state index in [1.54, 1.807) is 0 Å². The number of halogens is 1. The van der Waals surface area contributed by atoms with Gasteiger partial charge < -0.3 is 10.6 Å². The van der Waals surface area contributed by atoms with E-state index >= 15 is 0 Å². The van der Waals surface area contributed by atoms with Crippen molar-refractivity contribution < 1.29 is 0 Å². The van der Waals surface area contributed by atoms with Gasteiger partial charge in [-0.25, -0.2) is 4.98 Å². The van der Waals surface area contributed by atoms with E-state index in [4.69, 9.17) is 5.73 Å². The molecule has 20 heavy (non-hydrogen) atoms. The number of nitrogens with two attached hydrogens (primary N) is 1. The topological polar surface area (TPSA) is 42.2 Å². The maximum absolute atomic E-state index is 6.08. The normalized spacial score (nSPS) is 14.3. The summed E-state index contributed by atoms with van der Waals surface area (Å²) in [4.78, 5) is 6.93. The molecule has 3 nitrogen and oxygen atoms in total. The van der Waals surface area contributed by atoms with Crippen molar-refractivity contribution >= 4 is 27.4 Å². The zero-order valence-electron chi connectivity index (χ0n) is 11.5. The monoisotopic (exact) mass is 331 g/mol. The van der Waals surface area contributed by atoms with E-state index in [-0.39, 0.29) is 0 Å². The number of hydrogen-bond donors (Lipinski definition) is 1. The Balaban J connectivity index is 1.94. The maximum atomic E-state index is 6.08. The molecule has 0 amide bonds. The third-order valence-electron chi connectivity index (χ3n) is 3.72. The van der Waals surface area contributed by atoms with Crippen LogP contribution in [0.2, 0.25) is 0 Å². The molecule has 4 heteroatoms. The number of hydrogen-bond acceptors (Lipinski definition) is 3. The Morgan fingerprint density at radius 2 is 2.05 bits per heavy atom. The predicted octanol–water partition coefficient (Wildman–Crippen LogP) is 3.90. The number of aromatic nitrogens is 1. The zero-order chi connectivity index (χ0) is 14.1. The van der Waals surface area contributed by atoms with E-state index in [0.29, 0.717) is 6.04 Å². The first-order valence-electron chi connectivity index (χ1n) is 6.88. The number of nitrogens with zero attached hydrogens (tertiary/aromatic N) is 2. The van der Waals surface area contributed by atoms with Gasteiger partial charge in [-0.05, 0) is 59.0 Å². The summed E-state index contributed by atoms with van der Waals surface area (Å²) in [6, 6.07) is 10.7. The molecule has 104 valence electrons. The Labute approximate surface area is 127 Å². The Hall–Kier alpha value is -1.55. The number of nitrogen functional groups attached to an aromatic ring is 1. The Morgan fingerprint density at radius 1 is 1.30 bits per heavy atom. The van der Waals surface area contributed by atoms with E-state index in [2.05, 4.69) is 38.8 Å². The van der Waals surface area contributed by atoms with Gasteiger partial charge in [-0.3, -0.25) is 0 Å². The van der Waals surface area contributed by atoms with Crippen LogP contribution < -0.4 is 10.6 Å². The van der Waals surface area contributed by atoms with Gasteiger partial charge >= 0.3 is 0 Å². The van der Waals surface area contributed by atoms with Crippen molar-refractivity contribution in [1.29, 1.82) is 0 Å². The summed E-state index contributed by atoms with van der Waals surface area (Å²) < 4.78 is 1.08. The fraction of sp³-hybridized carbons (Fsp3) is 0.312. The summed E-state index contributed by atoms with van der Waals surface area (Å²) in [5.41, 5.74) is 9.30. The van der Waals surface area contributed by atoms with Crippen LogP contribution in [0.25, 0.3) is 0 Å². The number of para-hydroxylation sites is 1. The molecular formula is C16H18BrN3. The van der Waals surface area contributed by atoms with Crippen LogP contribution in [0, 0.1) is 6.92 Å². The SMILES string of the molecule is Cc1ccnc(N(Cc2ccccc2N)C2CC2)c1Br. The molecule has 0 aliphatic heterocycles. The molecule has 2 N–H and O–H groups in total. The second kappa shape index (κ2) is 5.44. The first-order chi connectivity index (χ1) is 9.66. The number of pyridine rings is 1. The molecule has 1 aromatic heterocycles. The summed E-state index contributed by atoms with van der Waals surface area (Å²) >= 11 is 3.67. The molecule has 1 saturated carbocycles. The van der Waals surface area contributed by atoms with Crippen LogP contribution in [0.1, 0.15) is 24.0 Å². The number of rotatable bonds is 4. The molecule has 0 unspecified atom stereocenters. The summed E-state index contributed by atoms with van der Waals surface area (Å²) in [5, 5.41) is 0. The highest BCUT2D eigenvalue weighted by atomic mass is 79.9. The molecule has 1 aliphatic carbocycles. The lowest BCUT2D eigenvalue weighted by atomic mass is 10.1. The molecule has 1 fully saturated rings. The van der Waals surface area contributed by atoms with E-state index in [9.17, 15) is 0 Å². The Kier molecular flexibility index (Phi) is 3.66. The second-order valence-corrected chi connectivity index (χ2v) is 6.12. The minimum Gasteiger partial charge on any atom is -0.398 e. The largest absolute Gasteiger partial charge is 0.398 e. The smallest absolute Gasteiger partial charge is 0.143 e. The second-order valence-electron chi connectivity index (χ2n) is 5.32. The first-order valence-corrected chi connectivity index (χ1v) is 7.67. The minimum atomic E-state index is 0.584. The highest BCUT2D eigenvalue weighted by molar-refractivity contribution is 9.10. The van der Waals surface area contributed by atoms with Crippen LogP contribution in [0.5, 0.6) is 0 Å². The van der Waals surface area contributed by atoms with Gasteiger partial charge in [0.15, 0.2) is 0 Å². The summed E-state index contributed by atoms with van der Waals surface area (Å²) in [7, 11) is 0. The van der Waals surface area contributed by atoms with Gasteiger partial charge in [-0.15, -0.1) is 0 Å². The molecule has 2 aromatic rings. The maximum Gasteiger partial charge on any atom is 0.143 e. The van der Waals surface area contributed by atoms with Crippen LogP contribution in [-0.4, -0.2) is 11.0 Å². The van der Waals surface area contributed by atoms with Crippen molar-refractivity contribution in [3.05, 3.63) is 52.1 Å². The molecule has 0 saturated heterocycles. The van der Waals surface area contributed by atoms with Gasteiger partial charge in [0.25, 0.3) is 0 Å². The van der Waals surface area contributed by atoms with Crippen molar-refractivity contribution in [2.45, 2.75) is 32.4 Å². The van der Waals surface area contributed by atoms with Gasteiger partial charge in [0, 0.05) is 24.5 Å². The van der Waals surface area contributed by atoms with Crippen molar-refractivity contribution in [2.24, 2.45) is 0 Å². The summed E-state index contributed by atoms with van der Waals surface area (Å²) in [6.45, 7) is 2.91. The molecule has 3 rings (SSSR count). The molecular weight excluding hydrogens is 314 g/mol. The first kappa shape index (κ1) is 13.4. The van der Waals surface area contributed by atoms with Crippen LogP contribution in [0.3, 0.4) is 0 Å². The van der Waals surface area contributed by atoms with E-state index in [1.165, 1.54) is 18.4 Å². The van der Waals surface area contributed by atoms with Crippen LogP contribution in [0.4, 0.5) is 11.5 Å². The predicted molar refractivity (Wildman–Crippen MR) is 86.7 cm³/mol. The average molecular weight is 332 g/mol. The van der Waals surface area contributed by atoms with Crippen molar-refractivity contribution in [2.75, 3.05) is 10.6 Å². The lowest BCUT2D eigenvalue weighted by Gasteiger charge is -2.26. The van der Waals surface area contributed by atoms with Gasteiger partial charge in [0.1, 0.15) is 5.82 Å². The van der Waals surface area contributed by atoms with Gasteiger partial charge in [0.05, 0.1) is 4.47 Å². The lowest BCUT2D eigenvalue weighted by molar-refractivity contribution is 0.776. The molecule has 0 radical (unpaired) electrons. The highest BCUT2D eigenvalue weighted by Gasteiger charge is 2.31. The molecule has 0 spiro atoms. The summed E-state index contributed by atoms with van der Waals surface area (Å²) in [6.07, 6.45) is 4.34. The Morgan fingerprint density at radius 3 is 2.75 bits per heavy atom. The minimum absolute atomic E-state index is 0.584. The standard InChI is InChI=1S/C16H18BrN3/c1-11-8-9-19-16(15(11)17)20(13-6-7-13)10-12-4-2-3-5-14(12)18/h2-5,8-9,13H,6-7,10,18H2,1H3. The lowest BCUT2D eigenvalue weighted by Crippen LogP contribution is -2.27. The van der Waals surface area contributed by atoms with Crippen LogP contribution >= 0.6 is 15.9 Å². The van der Waals surface area contributed by atoms with Crippen LogP contribution in [0.15, 0.2) is 41.0 Å². The summed E-state index contributed by atoms with van der Waals surface area (Å²) in [5.74, 6) is 1.02. The average Bonchev–Trinajstić information content (AvgIpc) is 3.26. The molecule has 0 atom stereocenters. The van der Waals surface area contributed by atoms with E-state index < -0.39 is 0 Å². The van der Waals surface area contributed by atoms with Gasteiger partial charge in [0.2, 0.25) is 0 Å². The number of aryl methyl sites for hydroxylation is 1. The van der Waals surface area contributed by atoms with Crippen LogP contribution in [-0.2, 0) is 6.54 Å². The molecule has 1 aromatic carbocycles. The zero-order valence-corrected chi connectivity index (χ0v) is 13.1. The van der Waals surface area contributed by atoms with Crippen molar-refractivity contribution in [3.63, 3.8) is 0 Å². The van der Waals surface area contributed by atoms with E-state index in [1.807, 2.05) is 30.5 Å². The molecule has 1 aliphatic rings. The number of anilines is 2. The Bertz CT molecular complexity index is 623. The third-order valence-corrected chi connectivity index (χ3v) is 4.70. The fourth-order valence-corrected chi connectivity index (χ4v) is 2.81. The van der Waals surface area contributed by atoms with E-state index in [0.717, 1.165) is 28.1 Å². The van der Waals surface area contributed by atoms with Crippen molar-refractivity contribution in [3.8, 4) is 0 Å². The quantitative estimate of drug-likeness (QED) is 0.864. The fourth-order valence-electron chi connectivity index (χ4n) is 2.35. The third kappa shape index (κ3) is 2.66. The van der Waals surface area contributed by atoms with Crippen molar-refractivity contribution in [1.82, 2.24) is 4.98 Å². The highest BCUT2D eigenvalue weighted by Crippen LogP contribution is 2.37. The molecule has 0 bridgehead atoms. The van der Waals surface area contributed by atoms with Gasteiger partial charge in [-0.2, -0.15) is 0 Å². The molecule has 1 heterocycles. The number of benzene rings is 1.